The summed E-state index contributed by atoms with van der Waals surface area (Å²) < 4.78 is 0. The molecule has 2 aromatic carbocycles. The maximum absolute atomic E-state index is 12.5. The molecule has 8 heteroatoms. The molecule has 0 radical (unpaired) electrons. The van der Waals surface area contributed by atoms with E-state index in [1.165, 1.54) is 4.90 Å². The Hall–Kier alpha value is -3.39. The second kappa shape index (κ2) is 10.1. The summed E-state index contributed by atoms with van der Waals surface area (Å²) in [6.07, 6.45) is -0.422. The third kappa shape index (κ3) is 5.03. The second-order valence-electron chi connectivity index (χ2n) is 9.74. The van der Waals surface area contributed by atoms with E-state index < -0.39 is 6.09 Å². The van der Waals surface area contributed by atoms with Gasteiger partial charge in [0.1, 0.15) is 0 Å². The first-order valence-corrected chi connectivity index (χ1v) is 12.2. The van der Waals surface area contributed by atoms with Gasteiger partial charge in [-0.15, -0.1) is 0 Å². The van der Waals surface area contributed by atoms with Crippen molar-refractivity contribution in [3.05, 3.63) is 53.6 Å². The van der Waals surface area contributed by atoms with E-state index in [2.05, 4.69) is 5.32 Å². The lowest BCUT2D eigenvalue weighted by atomic mass is 9.87. The number of hydrogen-bond acceptors (Lipinski definition) is 4. The molecule has 0 bridgehead atoms. The number of benzene rings is 2. The van der Waals surface area contributed by atoms with Crippen LogP contribution in [0.15, 0.2) is 42.5 Å². The third-order valence-corrected chi connectivity index (χ3v) is 6.95. The van der Waals surface area contributed by atoms with Gasteiger partial charge in [0.2, 0.25) is 11.8 Å². The Morgan fingerprint density at radius 2 is 1.83 bits per heavy atom. The van der Waals surface area contributed by atoms with Crippen LogP contribution >= 0.6 is 0 Å². The number of carboxylic acid groups (broad SMARTS) is 1. The molecule has 2 atom stereocenters. The quantitative estimate of drug-likeness (QED) is 0.681. The predicted octanol–water partition coefficient (Wildman–Crippen LogP) is 3.86. The minimum Gasteiger partial charge on any atom is -0.465 e. The SMILES string of the molecule is CC(=O)N1c2ccc(-c3ccc(CN4CCNCC4=O)cc3)cc2[C@H](N(C(=O)O)C(C)C)C[C@@H]1C. The van der Waals surface area contributed by atoms with Crippen LogP contribution < -0.4 is 10.2 Å². The largest absolute Gasteiger partial charge is 0.465 e. The van der Waals surface area contributed by atoms with Crippen LogP contribution in [-0.2, 0) is 16.1 Å². The van der Waals surface area contributed by atoms with Crippen molar-refractivity contribution in [3.63, 3.8) is 0 Å². The van der Waals surface area contributed by atoms with Gasteiger partial charge in [0.05, 0.1) is 12.6 Å². The Morgan fingerprint density at radius 1 is 1.14 bits per heavy atom. The van der Waals surface area contributed by atoms with Gasteiger partial charge in [0.15, 0.2) is 0 Å². The number of hydrogen-bond donors (Lipinski definition) is 2. The van der Waals surface area contributed by atoms with Crippen LogP contribution in [0.2, 0.25) is 0 Å². The summed E-state index contributed by atoms with van der Waals surface area (Å²) in [7, 11) is 0. The van der Waals surface area contributed by atoms with Crippen LogP contribution in [0.1, 0.15) is 51.3 Å². The fraction of sp³-hybridized carbons (Fsp3) is 0.444. The van der Waals surface area contributed by atoms with Gasteiger partial charge < -0.3 is 20.2 Å². The normalized spacial score (nSPS) is 20.1. The van der Waals surface area contributed by atoms with Crippen molar-refractivity contribution in [2.75, 3.05) is 24.5 Å². The third-order valence-electron chi connectivity index (χ3n) is 6.95. The fourth-order valence-corrected chi connectivity index (χ4v) is 5.31. The zero-order chi connectivity index (χ0) is 25.3. The molecule has 1 fully saturated rings. The highest BCUT2D eigenvalue weighted by Crippen LogP contribution is 2.43. The zero-order valence-electron chi connectivity index (χ0n) is 20.8. The van der Waals surface area contributed by atoms with Gasteiger partial charge in [-0.25, -0.2) is 4.79 Å². The Morgan fingerprint density at radius 3 is 2.43 bits per heavy atom. The molecular weight excluding hydrogens is 444 g/mol. The smallest absolute Gasteiger partial charge is 0.408 e. The summed E-state index contributed by atoms with van der Waals surface area (Å²) in [6.45, 7) is 9.74. The summed E-state index contributed by atoms with van der Waals surface area (Å²) >= 11 is 0. The van der Waals surface area contributed by atoms with Crippen molar-refractivity contribution < 1.29 is 19.5 Å². The number of amides is 3. The van der Waals surface area contributed by atoms with Gasteiger partial charge in [-0.1, -0.05) is 30.3 Å². The lowest BCUT2D eigenvalue weighted by Crippen LogP contribution is -2.48. The number of anilines is 1. The molecule has 1 saturated heterocycles. The molecule has 4 rings (SSSR count). The summed E-state index contributed by atoms with van der Waals surface area (Å²) in [4.78, 5) is 41.8. The van der Waals surface area contributed by atoms with Gasteiger partial charge in [-0.2, -0.15) is 0 Å². The van der Waals surface area contributed by atoms with Gasteiger partial charge in [0, 0.05) is 44.3 Å². The summed E-state index contributed by atoms with van der Waals surface area (Å²) in [6, 6.07) is 13.4. The van der Waals surface area contributed by atoms with E-state index in [9.17, 15) is 19.5 Å². The highest BCUT2D eigenvalue weighted by atomic mass is 16.4. The molecule has 186 valence electrons. The maximum atomic E-state index is 12.5. The Labute approximate surface area is 206 Å². The van der Waals surface area contributed by atoms with Crippen LogP contribution in [0.4, 0.5) is 10.5 Å². The van der Waals surface area contributed by atoms with Crippen molar-refractivity contribution in [3.8, 4) is 11.1 Å². The molecule has 0 saturated carbocycles. The number of carbonyl (C=O) groups is 3. The number of fused-ring (bicyclic) bond motifs is 1. The van der Waals surface area contributed by atoms with Crippen LogP contribution in [0, 0.1) is 0 Å². The molecule has 2 aromatic rings. The Bertz CT molecular complexity index is 1110. The predicted molar refractivity (Wildman–Crippen MR) is 135 cm³/mol. The molecule has 0 aromatic heterocycles. The molecule has 0 spiro atoms. The number of nitrogens with zero attached hydrogens (tertiary/aromatic N) is 3. The van der Waals surface area contributed by atoms with Crippen LogP contribution in [0.3, 0.4) is 0 Å². The highest BCUT2D eigenvalue weighted by molar-refractivity contribution is 5.94. The van der Waals surface area contributed by atoms with E-state index in [1.807, 2.05) is 68.1 Å². The topological polar surface area (TPSA) is 93.2 Å². The van der Waals surface area contributed by atoms with Gasteiger partial charge in [-0.3, -0.25) is 14.5 Å². The summed E-state index contributed by atoms with van der Waals surface area (Å²) in [5.74, 6) is 0.0571. The van der Waals surface area contributed by atoms with E-state index in [-0.39, 0.29) is 29.9 Å². The lowest BCUT2D eigenvalue weighted by Gasteiger charge is -2.43. The molecule has 3 amide bonds. The minimum absolute atomic E-state index is 0.0526. The highest BCUT2D eigenvalue weighted by Gasteiger charge is 2.38. The molecule has 2 heterocycles. The van der Waals surface area contributed by atoms with Gasteiger partial charge >= 0.3 is 6.09 Å². The van der Waals surface area contributed by atoms with Crippen molar-refractivity contribution in [1.29, 1.82) is 0 Å². The first-order chi connectivity index (χ1) is 16.7. The molecule has 2 aliphatic rings. The van der Waals surface area contributed by atoms with E-state index in [0.717, 1.165) is 34.5 Å². The minimum atomic E-state index is -0.961. The average Bonchev–Trinajstić information content (AvgIpc) is 2.80. The number of rotatable bonds is 5. The monoisotopic (exact) mass is 478 g/mol. The maximum Gasteiger partial charge on any atom is 0.408 e. The van der Waals surface area contributed by atoms with Crippen LogP contribution in [0.5, 0.6) is 0 Å². The average molecular weight is 479 g/mol. The van der Waals surface area contributed by atoms with Crippen molar-refractivity contribution >= 4 is 23.6 Å². The van der Waals surface area contributed by atoms with E-state index in [0.29, 0.717) is 26.1 Å². The Kier molecular flexibility index (Phi) is 7.12. The van der Waals surface area contributed by atoms with Gasteiger partial charge in [-0.05, 0) is 61.6 Å². The molecular formula is C27H34N4O4. The van der Waals surface area contributed by atoms with Crippen molar-refractivity contribution in [2.45, 2.75) is 58.8 Å². The first kappa shape index (κ1) is 24.7. The van der Waals surface area contributed by atoms with Gasteiger partial charge in [0.25, 0.3) is 0 Å². The second-order valence-corrected chi connectivity index (χ2v) is 9.74. The fourth-order valence-electron chi connectivity index (χ4n) is 5.31. The van der Waals surface area contributed by atoms with E-state index >= 15 is 0 Å². The molecule has 0 unspecified atom stereocenters. The van der Waals surface area contributed by atoms with E-state index in [4.69, 9.17) is 0 Å². The number of piperazine rings is 1. The summed E-state index contributed by atoms with van der Waals surface area (Å²) in [5.41, 5.74) is 4.65. The van der Waals surface area contributed by atoms with Crippen LogP contribution in [-0.4, -0.2) is 64.5 Å². The molecule has 35 heavy (non-hydrogen) atoms. The van der Waals surface area contributed by atoms with Crippen molar-refractivity contribution in [1.82, 2.24) is 15.1 Å². The number of carbonyl (C=O) groups excluding carboxylic acids is 2. The summed E-state index contributed by atoms with van der Waals surface area (Å²) in [5, 5.41) is 13.1. The molecule has 2 N–H and O–H groups in total. The first-order valence-electron chi connectivity index (χ1n) is 12.2. The molecule has 8 nitrogen and oxygen atoms in total. The molecule has 0 aliphatic carbocycles. The zero-order valence-corrected chi connectivity index (χ0v) is 20.8. The standard InChI is InChI=1S/C27H34N4O4/c1-17(2)30(27(34)35)25-13-18(3)31(19(4)32)24-10-9-22(14-23(24)25)21-7-5-20(6-8-21)16-29-12-11-28-15-26(29)33/h5-10,14,17-18,25,28H,11-13,15-16H2,1-4H3,(H,34,35)/t18-,25+/m0/s1. The lowest BCUT2D eigenvalue weighted by molar-refractivity contribution is -0.132. The van der Waals surface area contributed by atoms with Crippen molar-refractivity contribution in [2.24, 2.45) is 0 Å². The van der Waals surface area contributed by atoms with Crippen LogP contribution in [0.25, 0.3) is 11.1 Å². The molecule has 2 aliphatic heterocycles. The Balaban J connectivity index is 1.67. The van der Waals surface area contributed by atoms with E-state index in [1.54, 1.807) is 11.8 Å². The number of nitrogens with one attached hydrogen (secondary N) is 1.